The van der Waals surface area contributed by atoms with Crippen LogP contribution in [0.15, 0.2) is 0 Å². The van der Waals surface area contributed by atoms with E-state index in [0.717, 1.165) is 44.9 Å². The Morgan fingerprint density at radius 1 is 1.14 bits per heavy atom. The lowest BCUT2D eigenvalue weighted by atomic mass is 9.79. The van der Waals surface area contributed by atoms with Crippen LogP contribution in [0.5, 0.6) is 0 Å². The third-order valence-corrected chi connectivity index (χ3v) is 5.46. The Morgan fingerprint density at radius 2 is 1.81 bits per heavy atom. The van der Waals surface area contributed by atoms with Crippen molar-refractivity contribution in [2.45, 2.75) is 76.8 Å². The Hall–Kier alpha value is -1.26. The summed E-state index contributed by atoms with van der Waals surface area (Å²) in [7, 11) is 0. The summed E-state index contributed by atoms with van der Waals surface area (Å²) in [5.74, 6) is 0.288. The second kappa shape index (κ2) is 6.67. The standard InChI is InChI=1S/C16H28N2O3/c1-11-6-7-13(12(11)2)17-15(21)18-16(10-14(19)20)8-4-3-5-9-16/h11-13H,3-10H2,1-2H3,(H,19,20)(H2,17,18,21). The fourth-order valence-corrected chi connectivity index (χ4v) is 3.88. The molecule has 2 saturated carbocycles. The molecule has 5 nitrogen and oxygen atoms in total. The molecule has 2 rings (SSSR count). The van der Waals surface area contributed by atoms with Crippen molar-refractivity contribution in [2.75, 3.05) is 0 Å². The number of carbonyl (C=O) groups excluding carboxylic acids is 1. The van der Waals surface area contributed by atoms with Crippen molar-refractivity contribution in [3.63, 3.8) is 0 Å². The lowest BCUT2D eigenvalue weighted by Crippen LogP contribution is -2.56. The zero-order valence-electron chi connectivity index (χ0n) is 13.2. The zero-order chi connectivity index (χ0) is 15.5. The molecule has 3 unspecified atom stereocenters. The molecule has 0 aromatic rings. The first kappa shape index (κ1) is 16.1. The van der Waals surface area contributed by atoms with Crippen LogP contribution < -0.4 is 10.6 Å². The Kier molecular flexibility index (Phi) is 5.12. The molecule has 0 spiro atoms. The molecule has 0 saturated heterocycles. The molecule has 0 radical (unpaired) electrons. The number of carbonyl (C=O) groups is 2. The Balaban J connectivity index is 1.93. The van der Waals surface area contributed by atoms with E-state index in [1.807, 2.05) is 0 Å². The first-order valence-electron chi connectivity index (χ1n) is 8.22. The summed E-state index contributed by atoms with van der Waals surface area (Å²) >= 11 is 0. The normalized spacial score (nSPS) is 31.6. The summed E-state index contributed by atoms with van der Waals surface area (Å²) in [6.45, 7) is 4.40. The minimum atomic E-state index is -0.833. The smallest absolute Gasteiger partial charge is 0.315 e. The number of amides is 2. The molecule has 2 aliphatic carbocycles. The monoisotopic (exact) mass is 296 g/mol. The van der Waals surface area contributed by atoms with E-state index in [-0.39, 0.29) is 18.5 Å². The number of urea groups is 1. The van der Waals surface area contributed by atoms with Gasteiger partial charge in [-0.2, -0.15) is 0 Å². The van der Waals surface area contributed by atoms with Gasteiger partial charge >= 0.3 is 12.0 Å². The highest BCUT2D eigenvalue weighted by atomic mass is 16.4. The number of hydrogen-bond acceptors (Lipinski definition) is 2. The van der Waals surface area contributed by atoms with E-state index < -0.39 is 11.5 Å². The first-order chi connectivity index (χ1) is 9.92. The number of carboxylic acid groups (broad SMARTS) is 1. The van der Waals surface area contributed by atoms with Gasteiger partial charge < -0.3 is 15.7 Å². The van der Waals surface area contributed by atoms with Crippen LogP contribution in [0.1, 0.15) is 65.2 Å². The quantitative estimate of drug-likeness (QED) is 0.746. The van der Waals surface area contributed by atoms with Crippen molar-refractivity contribution in [3.05, 3.63) is 0 Å². The van der Waals surface area contributed by atoms with E-state index >= 15 is 0 Å². The Morgan fingerprint density at radius 3 is 2.33 bits per heavy atom. The number of nitrogens with one attached hydrogen (secondary N) is 2. The van der Waals surface area contributed by atoms with Gasteiger partial charge in [-0.15, -0.1) is 0 Å². The van der Waals surface area contributed by atoms with Gasteiger partial charge in [-0.3, -0.25) is 4.79 Å². The van der Waals surface area contributed by atoms with Crippen LogP contribution in [0, 0.1) is 11.8 Å². The Bertz CT molecular complexity index is 391. The molecule has 0 aromatic carbocycles. The van der Waals surface area contributed by atoms with Crippen LogP contribution in [-0.2, 0) is 4.79 Å². The number of aliphatic carboxylic acids is 1. The van der Waals surface area contributed by atoms with Crippen LogP contribution in [0.4, 0.5) is 4.79 Å². The van der Waals surface area contributed by atoms with Gasteiger partial charge in [0.15, 0.2) is 0 Å². The van der Waals surface area contributed by atoms with Crippen molar-refractivity contribution in [3.8, 4) is 0 Å². The molecule has 21 heavy (non-hydrogen) atoms. The van der Waals surface area contributed by atoms with Gasteiger partial charge in [0, 0.05) is 6.04 Å². The fraction of sp³-hybridized carbons (Fsp3) is 0.875. The maximum atomic E-state index is 12.3. The average Bonchev–Trinajstić information content (AvgIpc) is 2.70. The van der Waals surface area contributed by atoms with Crippen molar-refractivity contribution in [1.29, 1.82) is 0 Å². The average molecular weight is 296 g/mol. The number of rotatable bonds is 4. The summed E-state index contributed by atoms with van der Waals surface area (Å²) in [6, 6.07) is 0.0227. The van der Waals surface area contributed by atoms with Crippen molar-refractivity contribution in [1.82, 2.24) is 10.6 Å². The van der Waals surface area contributed by atoms with Crippen LogP contribution in [0.2, 0.25) is 0 Å². The van der Waals surface area contributed by atoms with E-state index in [4.69, 9.17) is 5.11 Å². The molecular formula is C16H28N2O3. The maximum Gasteiger partial charge on any atom is 0.315 e. The molecule has 5 heteroatoms. The highest BCUT2D eigenvalue weighted by Crippen LogP contribution is 2.33. The minimum absolute atomic E-state index is 0.0248. The summed E-state index contributed by atoms with van der Waals surface area (Å²) in [5, 5.41) is 15.2. The van der Waals surface area contributed by atoms with E-state index in [1.54, 1.807) is 0 Å². The predicted molar refractivity (Wildman–Crippen MR) is 81.1 cm³/mol. The lowest BCUT2D eigenvalue weighted by Gasteiger charge is -2.37. The summed E-state index contributed by atoms with van der Waals surface area (Å²) in [5.41, 5.74) is -0.554. The van der Waals surface area contributed by atoms with Crippen molar-refractivity contribution >= 4 is 12.0 Å². The van der Waals surface area contributed by atoms with Crippen LogP contribution in [0.3, 0.4) is 0 Å². The maximum absolute atomic E-state index is 12.3. The molecular weight excluding hydrogens is 268 g/mol. The van der Waals surface area contributed by atoms with Gasteiger partial charge in [0.25, 0.3) is 0 Å². The number of carboxylic acids is 1. The highest BCUT2D eigenvalue weighted by Gasteiger charge is 2.37. The second-order valence-electron chi connectivity index (χ2n) is 7.03. The van der Waals surface area contributed by atoms with E-state index in [0.29, 0.717) is 11.8 Å². The molecule has 0 aliphatic heterocycles. The molecule has 3 atom stereocenters. The van der Waals surface area contributed by atoms with Crippen molar-refractivity contribution in [2.24, 2.45) is 11.8 Å². The summed E-state index contributed by atoms with van der Waals surface area (Å²) in [6.07, 6.45) is 6.83. The molecule has 120 valence electrons. The highest BCUT2D eigenvalue weighted by molar-refractivity contribution is 5.77. The van der Waals surface area contributed by atoms with Crippen LogP contribution >= 0.6 is 0 Å². The van der Waals surface area contributed by atoms with E-state index in [1.165, 1.54) is 0 Å². The van der Waals surface area contributed by atoms with Gasteiger partial charge in [0.1, 0.15) is 0 Å². The zero-order valence-corrected chi connectivity index (χ0v) is 13.2. The molecule has 2 fully saturated rings. The van der Waals surface area contributed by atoms with Gasteiger partial charge in [0.2, 0.25) is 0 Å². The summed E-state index contributed by atoms with van der Waals surface area (Å²) in [4.78, 5) is 23.4. The molecule has 3 N–H and O–H groups in total. The number of hydrogen-bond donors (Lipinski definition) is 3. The van der Waals surface area contributed by atoms with E-state index in [9.17, 15) is 9.59 Å². The summed E-state index contributed by atoms with van der Waals surface area (Å²) < 4.78 is 0. The van der Waals surface area contributed by atoms with Gasteiger partial charge in [0.05, 0.1) is 12.0 Å². The SMILES string of the molecule is CC1CCC(NC(=O)NC2(CC(=O)O)CCCCC2)C1C. The van der Waals surface area contributed by atoms with Gasteiger partial charge in [-0.1, -0.05) is 33.1 Å². The minimum Gasteiger partial charge on any atom is -0.481 e. The first-order valence-corrected chi connectivity index (χ1v) is 8.22. The van der Waals surface area contributed by atoms with Crippen LogP contribution in [-0.4, -0.2) is 28.7 Å². The largest absolute Gasteiger partial charge is 0.481 e. The van der Waals surface area contributed by atoms with Crippen molar-refractivity contribution < 1.29 is 14.7 Å². The van der Waals surface area contributed by atoms with Crippen LogP contribution in [0.25, 0.3) is 0 Å². The second-order valence-corrected chi connectivity index (χ2v) is 7.03. The lowest BCUT2D eigenvalue weighted by molar-refractivity contribution is -0.139. The third-order valence-electron chi connectivity index (χ3n) is 5.46. The fourth-order valence-electron chi connectivity index (χ4n) is 3.88. The molecule has 0 bridgehead atoms. The van der Waals surface area contributed by atoms with Gasteiger partial charge in [-0.25, -0.2) is 4.79 Å². The molecule has 0 aromatic heterocycles. The van der Waals surface area contributed by atoms with Gasteiger partial charge in [-0.05, 0) is 37.5 Å². The topological polar surface area (TPSA) is 78.4 Å². The third kappa shape index (κ3) is 4.11. The van der Waals surface area contributed by atoms with E-state index in [2.05, 4.69) is 24.5 Å². The predicted octanol–water partition coefficient (Wildman–Crippen LogP) is 2.90. The molecule has 2 amide bonds. The molecule has 0 heterocycles. The Labute approximate surface area is 126 Å². The molecule has 2 aliphatic rings.